The molecule has 9 heteroatoms. The predicted molar refractivity (Wildman–Crippen MR) is 74.3 cm³/mol. The van der Waals surface area contributed by atoms with Crippen LogP contribution >= 0.6 is 0 Å². The normalized spacial score (nSPS) is 20.7. The van der Waals surface area contributed by atoms with Gasteiger partial charge in [-0.25, -0.2) is 9.78 Å². The summed E-state index contributed by atoms with van der Waals surface area (Å²) in [5, 5.41) is 13.0. The number of nitrogens with one attached hydrogen (secondary N) is 1. The van der Waals surface area contributed by atoms with E-state index in [9.17, 15) is 23.1 Å². The van der Waals surface area contributed by atoms with Crippen molar-refractivity contribution in [1.29, 1.82) is 0 Å². The average Bonchev–Trinajstić information content (AvgIpc) is 2.86. The Balaban J connectivity index is 2.29. The summed E-state index contributed by atoms with van der Waals surface area (Å²) >= 11 is 0. The standard InChI is InChI=1S/C14H12F3N3O3/c1-2-23-11(21)8-7-18-12-19-9-5-3-4-6-10(9)20(12)13(8,22)14(15,16)17/h3-7,22H,2H2,1H3,(H,18,19). The van der Waals surface area contributed by atoms with E-state index in [1.54, 1.807) is 6.07 Å². The van der Waals surface area contributed by atoms with Crippen LogP contribution in [-0.2, 0) is 15.3 Å². The van der Waals surface area contributed by atoms with Crippen LogP contribution in [0, 0.1) is 0 Å². The fourth-order valence-corrected chi connectivity index (χ4v) is 2.50. The Labute approximate surface area is 128 Å². The fraction of sp³-hybridized carbons (Fsp3) is 0.286. The van der Waals surface area contributed by atoms with Crippen molar-refractivity contribution < 1.29 is 27.8 Å². The van der Waals surface area contributed by atoms with Gasteiger partial charge in [0.2, 0.25) is 5.95 Å². The number of esters is 1. The van der Waals surface area contributed by atoms with Gasteiger partial charge in [0.25, 0.3) is 5.72 Å². The highest BCUT2D eigenvalue weighted by molar-refractivity contribution is 5.93. The zero-order valence-electron chi connectivity index (χ0n) is 11.9. The van der Waals surface area contributed by atoms with Crippen LogP contribution in [0.2, 0.25) is 0 Å². The van der Waals surface area contributed by atoms with Gasteiger partial charge < -0.3 is 15.2 Å². The Bertz CT molecular complexity index is 812. The number of carbonyl (C=O) groups is 1. The van der Waals surface area contributed by atoms with Gasteiger partial charge in [0.05, 0.1) is 17.6 Å². The molecular weight excluding hydrogens is 315 g/mol. The quantitative estimate of drug-likeness (QED) is 0.826. The van der Waals surface area contributed by atoms with Crippen molar-refractivity contribution in [1.82, 2.24) is 9.55 Å². The summed E-state index contributed by atoms with van der Waals surface area (Å²) in [5.74, 6) is -1.48. The number of carbonyl (C=O) groups excluding carboxylic acids is 1. The molecule has 6 nitrogen and oxygen atoms in total. The van der Waals surface area contributed by atoms with Crippen LogP contribution in [0.15, 0.2) is 36.0 Å². The van der Waals surface area contributed by atoms with Crippen LogP contribution < -0.4 is 5.32 Å². The summed E-state index contributed by atoms with van der Waals surface area (Å²) < 4.78 is 46.2. The van der Waals surface area contributed by atoms with Crippen molar-refractivity contribution in [2.75, 3.05) is 11.9 Å². The van der Waals surface area contributed by atoms with Crippen molar-refractivity contribution in [2.45, 2.75) is 18.8 Å². The number of para-hydroxylation sites is 2. The maximum atomic E-state index is 13.7. The van der Waals surface area contributed by atoms with Gasteiger partial charge in [0.1, 0.15) is 5.57 Å². The topological polar surface area (TPSA) is 76.4 Å². The minimum absolute atomic E-state index is 0.0322. The number of nitrogens with zero attached hydrogens (tertiary/aromatic N) is 2. The lowest BCUT2D eigenvalue weighted by molar-refractivity contribution is -0.279. The molecule has 122 valence electrons. The van der Waals surface area contributed by atoms with Gasteiger partial charge in [-0.3, -0.25) is 4.57 Å². The summed E-state index contributed by atoms with van der Waals surface area (Å²) in [6.45, 7) is 1.33. The van der Waals surface area contributed by atoms with Crippen molar-refractivity contribution in [3.05, 3.63) is 36.0 Å². The molecule has 1 aromatic heterocycles. The predicted octanol–water partition coefficient (Wildman–Crippen LogP) is 2.12. The van der Waals surface area contributed by atoms with Crippen LogP contribution in [0.4, 0.5) is 19.1 Å². The summed E-state index contributed by atoms with van der Waals surface area (Å²) in [7, 11) is 0. The lowest BCUT2D eigenvalue weighted by Crippen LogP contribution is -2.53. The van der Waals surface area contributed by atoms with Gasteiger partial charge in [-0.05, 0) is 19.1 Å². The van der Waals surface area contributed by atoms with Crippen LogP contribution in [0.25, 0.3) is 11.0 Å². The van der Waals surface area contributed by atoms with Crippen LogP contribution in [0.1, 0.15) is 6.92 Å². The van der Waals surface area contributed by atoms with Gasteiger partial charge in [-0.15, -0.1) is 0 Å². The Morgan fingerprint density at radius 3 is 2.78 bits per heavy atom. The van der Waals surface area contributed by atoms with E-state index >= 15 is 0 Å². The second-order valence-corrected chi connectivity index (χ2v) is 4.85. The molecule has 1 aromatic carbocycles. The van der Waals surface area contributed by atoms with E-state index in [0.717, 1.165) is 6.20 Å². The van der Waals surface area contributed by atoms with E-state index < -0.39 is 23.4 Å². The second-order valence-electron chi connectivity index (χ2n) is 4.85. The highest BCUT2D eigenvalue weighted by Gasteiger charge is 2.63. The van der Waals surface area contributed by atoms with Crippen LogP contribution in [-0.4, -0.2) is 33.4 Å². The van der Waals surface area contributed by atoms with Crippen molar-refractivity contribution in [3.63, 3.8) is 0 Å². The molecule has 23 heavy (non-hydrogen) atoms. The summed E-state index contributed by atoms with van der Waals surface area (Å²) in [6.07, 6.45) is -4.39. The minimum atomic E-state index is -5.16. The SMILES string of the molecule is CCOC(=O)C1=CNc2nc3ccccc3n2C1(O)C(F)(F)F. The van der Waals surface area contributed by atoms with Gasteiger partial charge in [0, 0.05) is 6.20 Å². The molecule has 0 spiro atoms. The minimum Gasteiger partial charge on any atom is -0.462 e. The molecule has 3 rings (SSSR count). The first-order chi connectivity index (χ1) is 10.8. The molecule has 1 unspecified atom stereocenters. The van der Waals surface area contributed by atoms with Gasteiger partial charge in [-0.1, -0.05) is 12.1 Å². The first-order valence-corrected chi connectivity index (χ1v) is 6.72. The Morgan fingerprint density at radius 2 is 2.13 bits per heavy atom. The molecule has 1 aliphatic rings. The number of rotatable bonds is 2. The maximum absolute atomic E-state index is 13.7. The molecule has 2 aromatic rings. The third-order valence-electron chi connectivity index (χ3n) is 3.50. The Hall–Kier alpha value is -2.55. The number of aromatic nitrogens is 2. The fourth-order valence-electron chi connectivity index (χ4n) is 2.50. The third kappa shape index (κ3) is 2.07. The highest BCUT2D eigenvalue weighted by Crippen LogP contribution is 2.46. The number of hydrogen-bond donors (Lipinski definition) is 2. The number of hydrogen-bond acceptors (Lipinski definition) is 5. The highest BCUT2D eigenvalue weighted by atomic mass is 19.4. The molecule has 0 amide bonds. The summed E-state index contributed by atoms with van der Waals surface area (Å²) in [4.78, 5) is 15.9. The molecular formula is C14H12F3N3O3. The van der Waals surface area contributed by atoms with Crippen molar-refractivity contribution >= 4 is 23.0 Å². The lowest BCUT2D eigenvalue weighted by Gasteiger charge is -2.36. The number of aliphatic hydroxyl groups is 1. The number of fused-ring (bicyclic) bond motifs is 3. The molecule has 0 aliphatic carbocycles. The van der Waals surface area contributed by atoms with E-state index in [0.29, 0.717) is 4.57 Å². The molecule has 0 saturated heterocycles. The van der Waals surface area contributed by atoms with Crippen molar-refractivity contribution in [2.24, 2.45) is 0 Å². The average molecular weight is 327 g/mol. The van der Waals surface area contributed by atoms with E-state index in [1.165, 1.54) is 25.1 Å². The number of imidazole rings is 1. The number of benzene rings is 1. The summed E-state index contributed by atoms with van der Waals surface area (Å²) in [6, 6.07) is 5.99. The molecule has 2 N–H and O–H groups in total. The van der Waals surface area contributed by atoms with E-state index in [-0.39, 0.29) is 23.6 Å². The molecule has 0 fully saturated rings. The van der Waals surface area contributed by atoms with E-state index in [2.05, 4.69) is 15.0 Å². The first-order valence-electron chi connectivity index (χ1n) is 6.72. The molecule has 1 atom stereocenters. The number of halogens is 3. The van der Waals surface area contributed by atoms with Gasteiger partial charge in [-0.2, -0.15) is 13.2 Å². The molecule has 2 heterocycles. The van der Waals surface area contributed by atoms with E-state index in [1.807, 2.05) is 0 Å². The van der Waals surface area contributed by atoms with E-state index in [4.69, 9.17) is 0 Å². The van der Waals surface area contributed by atoms with Crippen LogP contribution in [0.5, 0.6) is 0 Å². The van der Waals surface area contributed by atoms with Gasteiger partial charge >= 0.3 is 12.1 Å². The maximum Gasteiger partial charge on any atom is 0.442 e. The molecule has 0 saturated carbocycles. The second kappa shape index (κ2) is 4.98. The number of ether oxygens (including phenoxy) is 1. The zero-order chi connectivity index (χ0) is 16.8. The first kappa shape index (κ1) is 15.3. The molecule has 0 bridgehead atoms. The number of alkyl halides is 3. The van der Waals surface area contributed by atoms with Crippen LogP contribution in [0.3, 0.4) is 0 Å². The smallest absolute Gasteiger partial charge is 0.442 e. The molecule has 1 aliphatic heterocycles. The molecule has 0 radical (unpaired) electrons. The summed E-state index contributed by atoms with van der Waals surface area (Å²) in [5.41, 5.74) is -4.25. The lowest BCUT2D eigenvalue weighted by atomic mass is 10.0. The number of anilines is 1. The monoisotopic (exact) mass is 327 g/mol. The zero-order valence-corrected chi connectivity index (χ0v) is 11.9. The Kier molecular flexibility index (Phi) is 3.33. The largest absolute Gasteiger partial charge is 0.462 e. The third-order valence-corrected chi connectivity index (χ3v) is 3.50. The van der Waals surface area contributed by atoms with Crippen molar-refractivity contribution in [3.8, 4) is 0 Å². The Morgan fingerprint density at radius 1 is 1.43 bits per heavy atom. The van der Waals surface area contributed by atoms with Gasteiger partial charge in [0.15, 0.2) is 0 Å².